The molecule has 7 nitrogen and oxygen atoms in total. The van der Waals surface area contributed by atoms with Crippen LogP contribution in [0.2, 0.25) is 10.0 Å². The minimum Gasteiger partial charge on any atom is -0.487 e. The number of morpholine rings is 1. The van der Waals surface area contributed by atoms with Crippen LogP contribution < -0.4 is 4.74 Å². The van der Waals surface area contributed by atoms with Gasteiger partial charge in [-0.2, -0.15) is 4.31 Å². The number of sulfonamides is 1. The molecule has 0 radical (unpaired) electrons. The molecular formula is C20H21Cl2NO6S. The van der Waals surface area contributed by atoms with Crippen LogP contribution in [0.25, 0.3) is 0 Å². The maximum Gasteiger partial charge on any atom is 0.338 e. The van der Waals surface area contributed by atoms with E-state index >= 15 is 0 Å². The molecule has 3 rings (SSSR count). The average molecular weight is 474 g/mol. The molecule has 0 aliphatic carbocycles. The molecule has 2 aromatic carbocycles. The fourth-order valence-electron chi connectivity index (χ4n) is 2.89. The molecule has 0 saturated carbocycles. The summed E-state index contributed by atoms with van der Waals surface area (Å²) < 4.78 is 42.9. The van der Waals surface area contributed by atoms with Crippen molar-refractivity contribution in [2.24, 2.45) is 0 Å². The number of ether oxygens (including phenoxy) is 3. The van der Waals surface area contributed by atoms with Gasteiger partial charge in [0.2, 0.25) is 10.0 Å². The van der Waals surface area contributed by atoms with Gasteiger partial charge >= 0.3 is 5.97 Å². The van der Waals surface area contributed by atoms with E-state index in [1.807, 2.05) is 0 Å². The Morgan fingerprint density at radius 3 is 2.43 bits per heavy atom. The highest BCUT2D eigenvalue weighted by Crippen LogP contribution is 2.32. The van der Waals surface area contributed by atoms with E-state index in [4.69, 9.17) is 37.4 Å². The SMILES string of the molecule is Cc1ccc(S(=O)(=O)N2CCOCC2)cc1C(=O)OCCOc1c(Cl)cccc1Cl. The Bertz CT molecular complexity index is 1000. The van der Waals surface area contributed by atoms with Gasteiger partial charge < -0.3 is 14.2 Å². The second-order valence-corrected chi connectivity index (χ2v) is 9.28. The van der Waals surface area contributed by atoms with Crippen LogP contribution in [0, 0.1) is 6.92 Å². The van der Waals surface area contributed by atoms with Crippen molar-refractivity contribution in [3.63, 3.8) is 0 Å². The lowest BCUT2D eigenvalue weighted by atomic mass is 10.1. The largest absolute Gasteiger partial charge is 0.487 e. The third-order valence-corrected chi connectivity index (χ3v) is 7.01. The van der Waals surface area contributed by atoms with Gasteiger partial charge in [0.1, 0.15) is 13.2 Å². The molecule has 0 unspecified atom stereocenters. The van der Waals surface area contributed by atoms with E-state index in [1.165, 1.54) is 16.4 Å². The first-order valence-corrected chi connectivity index (χ1v) is 11.4. The first-order valence-electron chi connectivity index (χ1n) is 9.23. The van der Waals surface area contributed by atoms with Crippen LogP contribution in [0.5, 0.6) is 5.75 Å². The van der Waals surface area contributed by atoms with Crippen LogP contribution in [0.4, 0.5) is 0 Å². The molecule has 162 valence electrons. The summed E-state index contributed by atoms with van der Waals surface area (Å²) >= 11 is 12.1. The molecule has 1 saturated heterocycles. The summed E-state index contributed by atoms with van der Waals surface area (Å²) in [6, 6.07) is 9.38. The minimum absolute atomic E-state index is 0.0417. The minimum atomic E-state index is -3.71. The van der Waals surface area contributed by atoms with Crippen molar-refractivity contribution < 1.29 is 27.4 Å². The summed E-state index contributed by atoms with van der Waals surface area (Å²) in [6.07, 6.45) is 0. The Balaban J connectivity index is 1.65. The number of nitrogens with zero attached hydrogens (tertiary/aromatic N) is 1. The van der Waals surface area contributed by atoms with Gasteiger partial charge in [0.15, 0.2) is 5.75 Å². The highest BCUT2D eigenvalue weighted by atomic mass is 35.5. The molecule has 10 heteroatoms. The lowest BCUT2D eigenvalue weighted by Gasteiger charge is -2.26. The Kier molecular flexibility index (Phi) is 7.60. The quantitative estimate of drug-likeness (QED) is 0.451. The lowest BCUT2D eigenvalue weighted by Crippen LogP contribution is -2.40. The molecule has 0 spiro atoms. The van der Waals surface area contributed by atoms with Crippen LogP contribution in [0.3, 0.4) is 0 Å². The molecule has 0 N–H and O–H groups in total. The number of para-hydroxylation sites is 1. The molecule has 0 amide bonds. The number of halogens is 2. The predicted octanol–water partition coefficient (Wildman–Crippen LogP) is 3.56. The molecule has 1 fully saturated rings. The zero-order chi connectivity index (χ0) is 21.7. The summed E-state index contributed by atoms with van der Waals surface area (Å²) in [6.45, 7) is 2.93. The fraction of sp³-hybridized carbons (Fsp3) is 0.350. The number of benzene rings is 2. The van der Waals surface area contributed by atoms with Gasteiger partial charge in [-0.15, -0.1) is 0 Å². The second kappa shape index (κ2) is 9.98. The van der Waals surface area contributed by atoms with Crippen molar-refractivity contribution in [2.45, 2.75) is 11.8 Å². The molecule has 0 aromatic heterocycles. The van der Waals surface area contributed by atoms with Crippen LogP contribution in [-0.2, 0) is 19.5 Å². The molecule has 0 bridgehead atoms. The van der Waals surface area contributed by atoms with Gasteiger partial charge in [0.05, 0.1) is 33.7 Å². The summed E-state index contributed by atoms with van der Waals surface area (Å²) in [7, 11) is -3.71. The molecule has 30 heavy (non-hydrogen) atoms. The van der Waals surface area contributed by atoms with E-state index in [0.29, 0.717) is 34.6 Å². The van der Waals surface area contributed by atoms with Crippen molar-refractivity contribution >= 4 is 39.2 Å². The van der Waals surface area contributed by atoms with Crippen molar-refractivity contribution in [1.82, 2.24) is 4.31 Å². The number of carbonyl (C=O) groups is 1. The number of rotatable bonds is 7. The third kappa shape index (κ3) is 5.25. The van der Waals surface area contributed by atoms with Crippen molar-refractivity contribution in [1.29, 1.82) is 0 Å². The second-order valence-electron chi connectivity index (χ2n) is 6.53. The molecule has 1 heterocycles. The number of carbonyl (C=O) groups excluding carboxylic acids is 1. The standard InChI is InChI=1S/C20H21Cl2NO6S/c1-14-5-6-15(30(25,26)23-7-9-27-10-8-23)13-16(14)20(24)29-12-11-28-19-17(21)3-2-4-18(19)22/h2-6,13H,7-12H2,1H3. The Morgan fingerprint density at radius 2 is 1.77 bits per heavy atom. The Labute approximate surface area is 185 Å². The van der Waals surface area contributed by atoms with E-state index in [2.05, 4.69) is 0 Å². The Hall–Kier alpha value is -1.84. The Morgan fingerprint density at radius 1 is 1.10 bits per heavy atom. The number of hydrogen-bond acceptors (Lipinski definition) is 6. The van der Waals surface area contributed by atoms with Crippen LogP contribution >= 0.6 is 23.2 Å². The van der Waals surface area contributed by atoms with Crippen molar-refractivity contribution in [2.75, 3.05) is 39.5 Å². The molecule has 1 aliphatic rings. The van der Waals surface area contributed by atoms with Gasteiger partial charge in [-0.3, -0.25) is 0 Å². The van der Waals surface area contributed by atoms with E-state index < -0.39 is 16.0 Å². The van der Waals surface area contributed by atoms with Gasteiger partial charge in [-0.1, -0.05) is 35.3 Å². The van der Waals surface area contributed by atoms with E-state index in [1.54, 1.807) is 31.2 Å². The predicted molar refractivity (Wildman–Crippen MR) is 113 cm³/mol. The van der Waals surface area contributed by atoms with Crippen LogP contribution in [0.15, 0.2) is 41.3 Å². The van der Waals surface area contributed by atoms with Gasteiger partial charge in [0, 0.05) is 13.1 Å². The average Bonchev–Trinajstić information content (AvgIpc) is 2.73. The van der Waals surface area contributed by atoms with Crippen molar-refractivity contribution in [3.8, 4) is 5.75 Å². The van der Waals surface area contributed by atoms with E-state index in [9.17, 15) is 13.2 Å². The maximum absolute atomic E-state index is 12.8. The molecule has 0 atom stereocenters. The van der Waals surface area contributed by atoms with E-state index in [0.717, 1.165) is 0 Å². The monoisotopic (exact) mass is 473 g/mol. The first kappa shape index (κ1) is 22.8. The van der Waals surface area contributed by atoms with Gasteiger partial charge in [0.25, 0.3) is 0 Å². The number of aryl methyl sites for hydroxylation is 1. The summed E-state index contributed by atoms with van der Waals surface area (Å²) in [5, 5.41) is 0.705. The maximum atomic E-state index is 12.8. The number of esters is 1. The lowest BCUT2D eigenvalue weighted by molar-refractivity contribution is 0.0449. The van der Waals surface area contributed by atoms with Gasteiger partial charge in [-0.05, 0) is 36.8 Å². The van der Waals surface area contributed by atoms with E-state index in [-0.39, 0.29) is 36.8 Å². The fourth-order valence-corrected chi connectivity index (χ4v) is 4.84. The smallest absolute Gasteiger partial charge is 0.338 e. The summed E-state index contributed by atoms with van der Waals surface area (Å²) in [5.74, 6) is -0.327. The van der Waals surface area contributed by atoms with Crippen LogP contribution in [0.1, 0.15) is 15.9 Å². The van der Waals surface area contributed by atoms with Crippen LogP contribution in [-0.4, -0.2) is 58.2 Å². The zero-order valence-corrected chi connectivity index (χ0v) is 18.6. The molecule has 2 aromatic rings. The third-order valence-electron chi connectivity index (χ3n) is 4.52. The molecular weight excluding hydrogens is 453 g/mol. The summed E-state index contributed by atoms with van der Waals surface area (Å²) in [4.78, 5) is 12.6. The first-order chi connectivity index (χ1) is 14.3. The number of hydrogen-bond donors (Lipinski definition) is 0. The summed E-state index contributed by atoms with van der Waals surface area (Å²) in [5.41, 5.74) is 0.788. The zero-order valence-electron chi connectivity index (χ0n) is 16.3. The van der Waals surface area contributed by atoms with Gasteiger partial charge in [-0.25, -0.2) is 13.2 Å². The normalized spacial score (nSPS) is 15.0. The topological polar surface area (TPSA) is 82.1 Å². The van der Waals surface area contributed by atoms with Crippen molar-refractivity contribution in [3.05, 3.63) is 57.6 Å². The highest BCUT2D eigenvalue weighted by molar-refractivity contribution is 7.89. The highest BCUT2D eigenvalue weighted by Gasteiger charge is 2.27. The molecule has 1 aliphatic heterocycles.